The van der Waals surface area contributed by atoms with Gasteiger partial charge in [0.2, 0.25) is 5.82 Å². The molecule has 0 atom stereocenters. The van der Waals surface area contributed by atoms with Gasteiger partial charge in [-0.2, -0.15) is 0 Å². The lowest BCUT2D eigenvalue weighted by molar-refractivity contribution is 0.101. The first kappa shape index (κ1) is 23.0. The third kappa shape index (κ3) is 4.59. The first-order valence-electron chi connectivity index (χ1n) is 11.7. The van der Waals surface area contributed by atoms with Gasteiger partial charge in [-0.15, -0.1) is 6.42 Å². The molecule has 0 spiro atoms. The van der Waals surface area contributed by atoms with Crippen molar-refractivity contribution >= 4 is 33.4 Å². The van der Waals surface area contributed by atoms with E-state index in [1.54, 1.807) is 12.3 Å². The number of aromatic nitrogens is 3. The number of terminal acetylenes is 1. The zero-order valence-electron chi connectivity index (χ0n) is 20.0. The van der Waals surface area contributed by atoms with Crippen molar-refractivity contribution in [3.63, 3.8) is 0 Å². The zero-order valence-corrected chi connectivity index (χ0v) is 20.0. The molecule has 5 rings (SSSR count). The van der Waals surface area contributed by atoms with E-state index >= 15 is 0 Å². The fourth-order valence-corrected chi connectivity index (χ4v) is 4.05. The third-order valence-electron chi connectivity index (χ3n) is 5.95. The Morgan fingerprint density at radius 2 is 1.81 bits per heavy atom. The molecule has 3 aromatic carbocycles. The van der Waals surface area contributed by atoms with Crippen molar-refractivity contribution in [1.82, 2.24) is 15.0 Å². The van der Waals surface area contributed by atoms with Crippen LogP contribution in [0.1, 0.15) is 35.9 Å². The van der Waals surface area contributed by atoms with Crippen LogP contribution in [-0.4, -0.2) is 27.5 Å². The predicted octanol–water partition coefficient (Wildman–Crippen LogP) is 6.23. The van der Waals surface area contributed by atoms with E-state index in [-0.39, 0.29) is 12.4 Å². The van der Waals surface area contributed by atoms with Gasteiger partial charge in [0, 0.05) is 22.5 Å². The normalized spacial score (nSPS) is 10.9. The van der Waals surface area contributed by atoms with Crippen molar-refractivity contribution in [3.05, 3.63) is 90.4 Å². The molecule has 2 aromatic heterocycles. The van der Waals surface area contributed by atoms with Gasteiger partial charge >= 0.3 is 0 Å². The van der Waals surface area contributed by atoms with Gasteiger partial charge in [0.05, 0.1) is 11.2 Å². The fourth-order valence-electron chi connectivity index (χ4n) is 4.05. The quantitative estimate of drug-likeness (QED) is 0.296. The predicted molar refractivity (Wildman–Crippen MR) is 143 cm³/mol. The van der Waals surface area contributed by atoms with E-state index < -0.39 is 5.91 Å². The molecule has 36 heavy (non-hydrogen) atoms. The van der Waals surface area contributed by atoms with Gasteiger partial charge in [-0.25, -0.2) is 15.0 Å². The number of carbonyl (C=O) groups is 1. The minimum absolute atomic E-state index is 0.0532. The summed E-state index contributed by atoms with van der Waals surface area (Å²) in [4.78, 5) is 26.9. The van der Waals surface area contributed by atoms with Crippen molar-refractivity contribution in [2.75, 3.05) is 11.9 Å². The summed E-state index contributed by atoms with van der Waals surface area (Å²) in [5, 5.41) is 5.47. The summed E-state index contributed by atoms with van der Waals surface area (Å²) in [6, 6.07) is 23.3. The standard InChI is InChI=1S/C30H24N4O2/c1-4-17-36-23-13-14-26-25(18-23)27(22-11-9-20(10-12-22)19(2)3)33-29(32-26)30(35)34-28-24-8-6-5-7-21(24)15-16-31-28/h1,5-16,18-19H,17H2,2-3H3,(H,31,34,35). The molecule has 2 heterocycles. The van der Waals surface area contributed by atoms with Crippen molar-refractivity contribution in [2.24, 2.45) is 0 Å². The number of fused-ring (bicyclic) bond motifs is 2. The fraction of sp³-hybridized carbons (Fsp3) is 0.133. The minimum atomic E-state index is -0.437. The molecule has 6 heteroatoms. The molecule has 0 aliphatic heterocycles. The smallest absolute Gasteiger partial charge is 0.294 e. The number of rotatable bonds is 6. The van der Waals surface area contributed by atoms with Crippen LogP contribution in [0.2, 0.25) is 0 Å². The van der Waals surface area contributed by atoms with E-state index in [0.717, 1.165) is 21.7 Å². The second-order valence-electron chi connectivity index (χ2n) is 8.68. The van der Waals surface area contributed by atoms with Gasteiger partial charge in [-0.1, -0.05) is 68.3 Å². The summed E-state index contributed by atoms with van der Waals surface area (Å²) >= 11 is 0. The zero-order chi connectivity index (χ0) is 25.1. The molecule has 176 valence electrons. The lowest BCUT2D eigenvalue weighted by Gasteiger charge is -2.12. The topological polar surface area (TPSA) is 77.0 Å². The highest BCUT2D eigenvalue weighted by molar-refractivity contribution is 6.07. The Morgan fingerprint density at radius 1 is 1.00 bits per heavy atom. The number of hydrogen-bond acceptors (Lipinski definition) is 5. The van der Waals surface area contributed by atoms with Crippen molar-refractivity contribution in [2.45, 2.75) is 19.8 Å². The van der Waals surface area contributed by atoms with Crippen LogP contribution in [0.5, 0.6) is 5.75 Å². The largest absolute Gasteiger partial charge is 0.481 e. The molecule has 6 nitrogen and oxygen atoms in total. The first-order chi connectivity index (χ1) is 17.5. The van der Waals surface area contributed by atoms with Crippen LogP contribution >= 0.6 is 0 Å². The molecular weight excluding hydrogens is 448 g/mol. The highest BCUT2D eigenvalue weighted by atomic mass is 16.5. The number of hydrogen-bond donors (Lipinski definition) is 1. The monoisotopic (exact) mass is 472 g/mol. The molecular formula is C30H24N4O2. The summed E-state index contributed by atoms with van der Waals surface area (Å²) < 4.78 is 5.62. The van der Waals surface area contributed by atoms with Crippen LogP contribution in [0.4, 0.5) is 5.82 Å². The van der Waals surface area contributed by atoms with Crippen LogP contribution in [0.15, 0.2) is 79.0 Å². The Hall–Kier alpha value is -4.76. The molecule has 0 aliphatic carbocycles. The van der Waals surface area contributed by atoms with E-state index in [1.807, 2.05) is 54.6 Å². The van der Waals surface area contributed by atoms with Crippen LogP contribution in [0.25, 0.3) is 32.9 Å². The van der Waals surface area contributed by atoms with Gasteiger partial charge in [0.1, 0.15) is 18.2 Å². The molecule has 0 saturated carbocycles. The minimum Gasteiger partial charge on any atom is -0.481 e. The van der Waals surface area contributed by atoms with E-state index in [2.05, 4.69) is 47.2 Å². The van der Waals surface area contributed by atoms with Gasteiger partial charge < -0.3 is 10.1 Å². The number of carbonyl (C=O) groups excluding carboxylic acids is 1. The maximum Gasteiger partial charge on any atom is 0.294 e. The average molecular weight is 473 g/mol. The van der Waals surface area contributed by atoms with E-state index in [0.29, 0.717) is 28.7 Å². The summed E-state index contributed by atoms with van der Waals surface area (Å²) in [6.45, 7) is 4.45. The van der Waals surface area contributed by atoms with Crippen LogP contribution in [-0.2, 0) is 0 Å². The second-order valence-corrected chi connectivity index (χ2v) is 8.68. The third-order valence-corrected chi connectivity index (χ3v) is 5.95. The second kappa shape index (κ2) is 9.85. The molecule has 0 radical (unpaired) electrons. The van der Waals surface area contributed by atoms with E-state index in [1.165, 1.54) is 5.56 Å². The maximum atomic E-state index is 13.3. The van der Waals surface area contributed by atoms with E-state index in [9.17, 15) is 4.79 Å². The van der Waals surface area contributed by atoms with Gasteiger partial charge in [-0.05, 0) is 41.1 Å². The van der Waals surface area contributed by atoms with E-state index in [4.69, 9.17) is 16.1 Å². The Balaban J connectivity index is 1.60. The summed E-state index contributed by atoms with van der Waals surface area (Å²) in [5.41, 5.74) is 3.35. The van der Waals surface area contributed by atoms with Crippen molar-refractivity contribution in [3.8, 4) is 29.4 Å². The Bertz CT molecular complexity index is 1610. The summed E-state index contributed by atoms with van der Waals surface area (Å²) in [7, 11) is 0. The lowest BCUT2D eigenvalue weighted by atomic mass is 9.99. The van der Waals surface area contributed by atoms with Gasteiger partial charge in [-0.3, -0.25) is 4.79 Å². The molecule has 0 fully saturated rings. The van der Waals surface area contributed by atoms with Crippen LogP contribution in [0, 0.1) is 12.3 Å². The van der Waals surface area contributed by atoms with Gasteiger partial charge in [0.15, 0.2) is 0 Å². The lowest BCUT2D eigenvalue weighted by Crippen LogP contribution is -2.17. The number of benzene rings is 3. The molecule has 1 amide bonds. The number of ether oxygens (including phenoxy) is 1. The average Bonchev–Trinajstić information content (AvgIpc) is 2.91. The van der Waals surface area contributed by atoms with Crippen molar-refractivity contribution < 1.29 is 9.53 Å². The number of anilines is 1. The summed E-state index contributed by atoms with van der Waals surface area (Å²) in [5.74, 6) is 3.57. The SMILES string of the molecule is C#CCOc1ccc2nc(C(=O)Nc3nccc4ccccc34)nc(-c3ccc(C(C)C)cc3)c2c1. The molecule has 0 aliphatic rings. The first-order valence-corrected chi connectivity index (χ1v) is 11.7. The highest BCUT2D eigenvalue weighted by Crippen LogP contribution is 2.31. The molecule has 1 N–H and O–H groups in total. The number of amides is 1. The van der Waals surface area contributed by atoms with Crippen LogP contribution < -0.4 is 10.1 Å². The molecule has 0 saturated heterocycles. The van der Waals surface area contributed by atoms with Crippen molar-refractivity contribution in [1.29, 1.82) is 0 Å². The number of nitrogens with one attached hydrogen (secondary N) is 1. The van der Waals surface area contributed by atoms with Gasteiger partial charge in [0.25, 0.3) is 5.91 Å². The van der Waals surface area contributed by atoms with Crippen LogP contribution in [0.3, 0.4) is 0 Å². The maximum absolute atomic E-state index is 13.3. The molecule has 5 aromatic rings. The highest BCUT2D eigenvalue weighted by Gasteiger charge is 2.18. The Labute approximate surface area is 209 Å². The number of nitrogens with zero attached hydrogens (tertiary/aromatic N) is 3. The Kier molecular flexibility index (Phi) is 6.29. The Morgan fingerprint density at radius 3 is 2.58 bits per heavy atom. The number of pyridine rings is 1. The molecule has 0 bridgehead atoms. The molecule has 0 unspecified atom stereocenters. The summed E-state index contributed by atoms with van der Waals surface area (Å²) in [6.07, 6.45) is 7.02.